The Labute approximate surface area is 188 Å². The number of hydrogen-bond acceptors (Lipinski definition) is 5. The number of anilines is 1. The summed E-state index contributed by atoms with van der Waals surface area (Å²) in [5.74, 6) is -2.41. The Hall–Kier alpha value is -4.72. The number of nitrogens with zero attached hydrogens (tertiary/aromatic N) is 2. The van der Waals surface area contributed by atoms with E-state index in [1.165, 1.54) is 19.2 Å². The first kappa shape index (κ1) is 21.5. The number of benzene rings is 3. The summed E-state index contributed by atoms with van der Waals surface area (Å²) in [5, 5.41) is 26.2. The lowest BCUT2D eigenvalue weighted by molar-refractivity contribution is 0.0696. The minimum atomic E-state index is -1.22. The van der Waals surface area contributed by atoms with Crippen molar-refractivity contribution in [3.8, 4) is 28.1 Å². The molecule has 8 nitrogen and oxygen atoms in total. The van der Waals surface area contributed by atoms with Gasteiger partial charge in [0.25, 0.3) is 11.5 Å². The molecule has 0 saturated heterocycles. The largest absolute Gasteiger partial charge is 0.506 e. The number of carboxylic acid groups (broad SMARTS) is 1. The number of phenolic OH excluding ortho intramolecular Hbond substituents is 1. The molecule has 0 atom stereocenters. The Morgan fingerprint density at radius 3 is 2.09 bits per heavy atom. The van der Waals surface area contributed by atoms with Crippen LogP contribution in [0.2, 0.25) is 0 Å². The van der Waals surface area contributed by atoms with Gasteiger partial charge in [0.1, 0.15) is 11.3 Å². The minimum absolute atomic E-state index is 0.0239. The highest BCUT2D eigenvalue weighted by molar-refractivity contribution is 6.11. The number of phenols is 1. The maximum absolute atomic E-state index is 13.4. The molecule has 33 heavy (non-hydrogen) atoms. The lowest BCUT2D eigenvalue weighted by Gasteiger charge is -2.16. The lowest BCUT2D eigenvalue weighted by atomic mass is 9.95. The molecule has 3 N–H and O–H groups in total. The Bertz CT molecular complexity index is 1410. The lowest BCUT2D eigenvalue weighted by Crippen LogP contribution is -2.31. The average molecular weight is 441 g/mol. The zero-order valence-electron chi connectivity index (χ0n) is 17.5. The molecule has 0 fully saturated rings. The van der Waals surface area contributed by atoms with E-state index in [1.54, 1.807) is 24.3 Å². The molecule has 1 amide bonds. The number of carbonyl (C=O) groups excluding carboxylic acids is 1. The number of hydrogen-bond donors (Lipinski definition) is 3. The Morgan fingerprint density at radius 1 is 0.909 bits per heavy atom. The third-order valence-corrected chi connectivity index (χ3v) is 5.07. The normalized spacial score (nSPS) is 10.6. The third-order valence-electron chi connectivity index (χ3n) is 5.07. The van der Waals surface area contributed by atoms with Crippen LogP contribution >= 0.6 is 0 Å². The molecule has 0 spiro atoms. The fourth-order valence-electron chi connectivity index (χ4n) is 3.48. The van der Waals surface area contributed by atoms with Crippen molar-refractivity contribution in [2.45, 2.75) is 0 Å². The third kappa shape index (κ3) is 4.22. The quantitative estimate of drug-likeness (QED) is 0.405. The van der Waals surface area contributed by atoms with Crippen LogP contribution in [0.15, 0.2) is 83.7 Å². The molecular formula is C25H19N3O5. The average Bonchev–Trinajstić information content (AvgIpc) is 2.82. The fraction of sp³-hybridized carbons (Fsp3) is 0.0400. The molecular weight excluding hydrogens is 422 g/mol. The van der Waals surface area contributed by atoms with E-state index in [1.807, 2.05) is 36.4 Å². The SMILES string of the molecule is Cn1nc(-c2ccccc2)c(-c2ccccc2)c(C(=O)Nc2ccc(C(=O)O)cc2O)c1=O. The van der Waals surface area contributed by atoms with Crippen molar-refractivity contribution >= 4 is 17.6 Å². The second kappa shape index (κ2) is 8.80. The summed E-state index contributed by atoms with van der Waals surface area (Å²) in [4.78, 5) is 37.6. The smallest absolute Gasteiger partial charge is 0.335 e. The van der Waals surface area contributed by atoms with Gasteiger partial charge in [-0.2, -0.15) is 5.10 Å². The Balaban J connectivity index is 1.91. The predicted octanol–water partition coefficient (Wildman–Crippen LogP) is 3.77. The number of aryl methyl sites for hydroxylation is 1. The first-order valence-corrected chi connectivity index (χ1v) is 9.96. The highest BCUT2D eigenvalue weighted by atomic mass is 16.4. The van der Waals surface area contributed by atoms with Crippen molar-refractivity contribution in [2.24, 2.45) is 7.05 Å². The van der Waals surface area contributed by atoms with E-state index >= 15 is 0 Å². The van der Waals surface area contributed by atoms with E-state index in [4.69, 9.17) is 5.11 Å². The standard InChI is InChI=1S/C25H19N3O5/c1-28-24(31)21(23(30)26-18-13-12-17(25(32)33)14-19(18)29)20(15-8-4-2-5-9-15)22(27-28)16-10-6-3-7-11-16/h2-14,29H,1H3,(H,26,30)(H,32,33). The fourth-order valence-corrected chi connectivity index (χ4v) is 3.48. The summed E-state index contributed by atoms with van der Waals surface area (Å²) < 4.78 is 1.09. The van der Waals surface area contributed by atoms with Crippen molar-refractivity contribution in [1.82, 2.24) is 9.78 Å². The highest BCUT2D eigenvalue weighted by Crippen LogP contribution is 2.33. The molecule has 3 aromatic carbocycles. The van der Waals surface area contributed by atoms with Gasteiger partial charge in [0.05, 0.1) is 16.9 Å². The predicted molar refractivity (Wildman–Crippen MR) is 123 cm³/mol. The van der Waals surface area contributed by atoms with Crippen LogP contribution in [0.3, 0.4) is 0 Å². The van der Waals surface area contributed by atoms with Crippen LogP contribution in [0, 0.1) is 0 Å². The number of nitrogens with one attached hydrogen (secondary N) is 1. The van der Waals surface area contributed by atoms with Gasteiger partial charge < -0.3 is 15.5 Å². The molecule has 0 saturated carbocycles. The second-order valence-electron chi connectivity index (χ2n) is 7.25. The topological polar surface area (TPSA) is 122 Å². The van der Waals surface area contributed by atoms with Crippen LogP contribution < -0.4 is 10.9 Å². The van der Waals surface area contributed by atoms with Gasteiger partial charge in [-0.05, 0) is 23.8 Å². The van der Waals surface area contributed by atoms with E-state index in [0.29, 0.717) is 16.8 Å². The summed E-state index contributed by atoms with van der Waals surface area (Å²) in [6.45, 7) is 0. The number of aromatic nitrogens is 2. The summed E-state index contributed by atoms with van der Waals surface area (Å²) in [6, 6.07) is 21.7. The molecule has 0 aliphatic rings. The van der Waals surface area contributed by atoms with Crippen LogP contribution in [0.1, 0.15) is 20.7 Å². The van der Waals surface area contributed by atoms with Crippen molar-refractivity contribution in [1.29, 1.82) is 0 Å². The first-order chi connectivity index (χ1) is 15.9. The van der Waals surface area contributed by atoms with Crippen LogP contribution in [0.5, 0.6) is 5.75 Å². The van der Waals surface area contributed by atoms with Gasteiger partial charge in [-0.1, -0.05) is 60.7 Å². The molecule has 4 aromatic rings. The van der Waals surface area contributed by atoms with Gasteiger partial charge in [0.15, 0.2) is 0 Å². The summed E-state index contributed by atoms with van der Waals surface area (Å²) in [7, 11) is 1.46. The number of aromatic hydroxyl groups is 1. The summed E-state index contributed by atoms with van der Waals surface area (Å²) >= 11 is 0. The molecule has 0 unspecified atom stereocenters. The molecule has 4 rings (SSSR count). The minimum Gasteiger partial charge on any atom is -0.506 e. The van der Waals surface area contributed by atoms with Crippen LogP contribution in [-0.2, 0) is 7.05 Å². The second-order valence-corrected chi connectivity index (χ2v) is 7.25. The van der Waals surface area contributed by atoms with Gasteiger partial charge in [-0.15, -0.1) is 0 Å². The van der Waals surface area contributed by atoms with E-state index in [2.05, 4.69) is 10.4 Å². The highest BCUT2D eigenvalue weighted by Gasteiger charge is 2.25. The van der Waals surface area contributed by atoms with Gasteiger partial charge >= 0.3 is 5.97 Å². The van der Waals surface area contributed by atoms with Crippen molar-refractivity contribution in [3.05, 3.63) is 100 Å². The van der Waals surface area contributed by atoms with E-state index in [9.17, 15) is 19.5 Å². The number of aromatic carboxylic acids is 1. The van der Waals surface area contributed by atoms with Crippen LogP contribution in [0.25, 0.3) is 22.4 Å². The molecule has 1 heterocycles. The summed E-state index contributed by atoms with van der Waals surface area (Å²) in [5.41, 5.74) is 1.20. The molecule has 0 aliphatic carbocycles. The first-order valence-electron chi connectivity index (χ1n) is 9.96. The van der Waals surface area contributed by atoms with Crippen molar-refractivity contribution in [2.75, 3.05) is 5.32 Å². The zero-order chi connectivity index (χ0) is 23.5. The monoisotopic (exact) mass is 441 g/mol. The van der Waals surface area contributed by atoms with Gasteiger partial charge in [0.2, 0.25) is 0 Å². The molecule has 0 bridgehead atoms. The maximum Gasteiger partial charge on any atom is 0.335 e. The maximum atomic E-state index is 13.4. The molecule has 0 radical (unpaired) electrons. The van der Waals surface area contributed by atoms with E-state index in [0.717, 1.165) is 16.3 Å². The number of amides is 1. The number of rotatable bonds is 5. The van der Waals surface area contributed by atoms with Gasteiger partial charge in [-0.3, -0.25) is 9.59 Å². The number of carbonyl (C=O) groups is 2. The molecule has 0 aliphatic heterocycles. The van der Waals surface area contributed by atoms with Gasteiger partial charge in [0, 0.05) is 18.2 Å². The Morgan fingerprint density at radius 2 is 1.52 bits per heavy atom. The van der Waals surface area contributed by atoms with E-state index < -0.39 is 23.2 Å². The van der Waals surface area contributed by atoms with Gasteiger partial charge in [-0.25, -0.2) is 9.48 Å². The number of carboxylic acids is 1. The van der Waals surface area contributed by atoms with Crippen molar-refractivity contribution < 1.29 is 19.8 Å². The molecule has 1 aromatic heterocycles. The zero-order valence-corrected chi connectivity index (χ0v) is 17.5. The van der Waals surface area contributed by atoms with Crippen LogP contribution in [-0.4, -0.2) is 31.9 Å². The Kier molecular flexibility index (Phi) is 5.73. The van der Waals surface area contributed by atoms with Crippen molar-refractivity contribution in [3.63, 3.8) is 0 Å². The molecule has 8 heteroatoms. The van der Waals surface area contributed by atoms with Crippen LogP contribution in [0.4, 0.5) is 5.69 Å². The van der Waals surface area contributed by atoms with E-state index in [-0.39, 0.29) is 16.8 Å². The molecule has 164 valence electrons. The summed E-state index contributed by atoms with van der Waals surface area (Å²) in [6.07, 6.45) is 0.